The third-order valence-electron chi connectivity index (χ3n) is 5.95. The molecule has 1 aliphatic carbocycles. The van der Waals surface area contributed by atoms with Gasteiger partial charge in [0.15, 0.2) is 0 Å². The summed E-state index contributed by atoms with van der Waals surface area (Å²) in [5.74, 6) is 0.279. The van der Waals surface area contributed by atoms with Crippen molar-refractivity contribution >= 4 is 16.5 Å². The maximum Gasteiger partial charge on any atom is 0.0878 e. The van der Waals surface area contributed by atoms with Crippen LogP contribution in [-0.4, -0.2) is 9.94 Å². The summed E-state index contributed by atoms with van der Waals surface area (Å²) >= 11 is 0. The summed E-state index contributed by atoms with van der Waals surface area (Å²) in [5, 5.41) is 11.9. The predicted molar refractivity (Wildman–Crippen MR) is 115 cm³/mol. The highest BCUT2D eigenvalue weighted by Gasteiger charge is 2.28. The van der Waals surface area contributed by atoms with E-state index in [4.69, 9.17) is 0 Å². The molecule has 1 heterocycles. The first-order chi connectivity index (χ1) is 13.7. The Bertz CT molecular complexity index is 1170. The number of benzene rings is 3. The molecule has 1 N–H and O–H groups in total. The van der Waals surface area contributed by atoms with Gasteiger partial charge in [0.2, 0.25) is 0 Å². The zero-order valence-corrected chi connectivity index (χ0v) is 16.0. The van der Waals surface area contributed by atoms with Crippen molar-refractivity contribution in [2.75, 3.05) is 0 Å². The molecular weight excluding hydrogens is 342 g/mol. The Morgan fingerprint density at radius 3 is 2.32 bits per heavy atom. The van der Waals surface area contributed by atoms with Crippen molar-refractivity contribution in [2.24, 2.45) is 0 Å². The van der Waals surface area contributed by atoms with Crippen molar-refractivity contribution in [2.45, 2.75) is 25.7 Å². The van der Waals surface area contributed by atoms with Gasteiger partial charge in [-0.25, -0.2) is 0 Å². The zero-order chi connectivity index (χ0) is 19.1. The monoisotopic (exact) mass is 365 g/mol. The third-order valence-corrected chi connectivity index (χ3v) is 5.95. The van der Waals surface area contributed by atoms with Crippen molar-refractivity contribution in [3.63, 3.8) is 0 Å². The van der Waals surface area contributed by atoms with Gasteiger partial charge < -0.3 is 5.21 Å². The summed E-state index contributed by atoms with van der Waals surface area (Å²) in [7, 11) is 0. The molecule has 1 atom stereocenters. The molecule has 1 unspecified atom stereocenters. The van der Waals surface area contributed by atoms with Crippen LogP contribution in [0.1, 0.15) is 40.3 Å². The molecule has 0 aliphatic heterocycles. The van der Waals surface area contributed by atoms with Crippen LogP contribution in [0.4, 0.5) is 0 Å². The van der Waals surface area contributed by atoms with Crippen LogP contribution >= 0.6 is 0 Å². The second kappa shape index (κ2) is 6.72. The van der Waals surface area contributed by atoms with E-state index < -0.39 is 0 Å². The lowest BCUT2D eigenvalue weighted by atomic mass is 9.79. The molecule has 0 saturated carbocycles. The average Bonchev–Trinajstić information content (AvgIpc) is 3.01. The van der Waals surface area contributed by atoms with Crippen LogP contribution in [0.3, 0.4) is 0 Å². The summed E-state index contributed by atoms with van der Waals surface area (Å²) < 4.78 is 1.37. The number of aromatic nitrogens is 1. The van der Waals surface area contributed by atoms with E-state index in [-0.39, 0.29) is 5.92 Å². The van der Waals surface area contributed by atoms with Crippen LogP contribution in [0.5, 0.6) is 0 Å². The molecule has 0 saturated heterocycles. The Labute approximate surface area is 165 Å². The normalized spacial score (nSPS) is 15.6. The average molecular weight is 365 g/mol. The van der Waals surface area contributed by atoms with Crippen LogP contribution in [0, 0.1) is 6.92 Å². The van der Waals surface area contributed by atoms with Gasteiger partial charge in [-0.3, -0.25) is 0 Å². The highest BCUT2D eigenvalue weighted by atomic mass is 16.5. The molecule has 3 aromatic carbocycles. The van der Waals surface area contributed by atoms with Crippen molar-refractivity contribution < 1.29 is 5.21 Å². The van der Waals surface area contributed by atoms with Crippen LogP contribution in [0.15, 0.2) is 84.9 Å². The van der Waals surface area contributed by atoms with E-state index in [0.29, 0.717) is 0 Å². The highest BCUT2D eigenvalue weighted by Crippen LogP contribution is 2.45. The minimum Gasteiger partial charge on any atom is -0.428 e. The Morgan fingerprint density at radius 1 is 0.857 bits per heavy atom. The molecule has 0 fully saturated rings. The predicted octanol–water partition coefficient (Wildman–Crippen LogP) is 6.35. The summed E-state index contributed by atoms with van der Waals surface area (Å²) in [5.41, 5.74) is 8.18. The lowest BCUT2D eigenvalue weighted by Gasteiger charge is -2.23. The van der Waals surface area contributed by atoms with Gasteiger partial charge in [-0.05, 0) is 53.7 Å². The van der Waals surface area contributed by atoms with Crippen LogP contribution in [0.2, 0.25) is 0 Å². The number of hydrogen-bond donors (Lipinski definition) is 1. The van der Waals surface area contributed by atoms with Crippen molar-refractivity contribution in [1.82, 2.24) is 4.73 Å². The molecule has 28 heavy (non-hydrogen) atoms. The molecule has 0 spiro atoms. The first-order valence-corrected chi connectivity index (χ1v) is 9.89. The maximum absolute atomic E-state index is 10.7. The fourth-order valence-electron chi connectivity index (χ4n) is 4.59. The van der Waals surface area contributed by atoms with E-state index in [0.717, 1.165) is 24.1 Å². The molecule has 1 aromatic heterocycles. The molecule has 138 valence electrons. The lowest BCUT2D eigenvalue weighted by Crippen LogP contribution is -2.07. The Hall–Kier alpha value is -3.26. The zero-order valence-electron chi connectivity index (χ0n) is 16.0. The van der Waals surface area contributed by atoms with Crippen LogP contribution < -0.4 is 0 Å². The van der Waals surface area contributed by atoms with E-state index in [2.05, 4.69) is 72.8 Å². The second-order valence-corrected chi connectivity index (χ2v) is 7.59. The van der Waals surface area contributed by atoms with Gasteiger partial charge in [0.25, 0.3) is 0 Å². The number of nitrogens with zero attached hydrogens (tertiary/aromatic N) is 1. The maximum atomic E-state index is 10.7. The lowest BCUT2D eigenvalue weighted by molar-refractivity contribution is 0.193. The van der Waals surface area contributed by atoms with Gasteiger partial charge in [-0.1, -0.05) is 78.9 Å². The van der Waals surface area contributed by atoms with Gasteiger partial charge in [-0.15, -0.1) is 0 Å². The van der Waals surface area contributed by atoms with E-state index in [1.165, 1.54) is 37.9 Å². The first-order valence-electron chi connectivity index (χ1n) is 9.89. The van der Waals surface area contributed by atoms with Crippen LogP contribution in [-0.2, 0) is 6.42 Å². The van der Waals surface area contributed by atoms with Crippen molar-refractivity contribution in [1.29, 1.82) is 0 Å². The third kappa shape index (κ3) is 2.65. The van der Waals surface area contributed by atoms with Crippen LogP contribution in [0.25, 0.3) is 16.5 Å². The van der Waals surface area contributed by atoms with Crippen molar-refractivity contribution in [3.05, 3.63) is 113 Å². The van der Waals surface area contributed by atoms with E-state index in [9.17, 15) is 5.21 Å². The van der Waals surface area contributed by atoms with Crippen molar-refractivity contribution in [3.8, 4) is 0 Å². The van der Waals surface area contributed by atoms with Gasteiger partial charge in [0.05, 0.1) is 11.2 Å². The minimum absolute atomic E-state index is 0.279. The number of rotatable bonds is 4. The number of allylic oxidation sites excluding steroid dienone is 1. The fourth-order valence-corrected chi connectivity index (χ4v) is 4.59. The number of aryl methyl sites for hydroxylation is 1. The fraction of sp³-hybridized carbons (Fsp3) is 0.154. The molecule has 2 heteroatoms. The minimum atomic E-state index is 0.279. The largest absolute Gasteiger partial charge is 0.428 e. The van der Waals surface area contributed by atoms with E-state index in [1.54, 1.807) is 0 Å². The Morgan fingerprint density at radius 2 is 1.57 bits per heavy atom. The first kappa shape index (κ1) is 16.9. The van der Waals surface area contributed by atoms with Gasteiger partial charge in [-0.2, -0.15) is 4.73 Å². The van der Waals surface area contributed by atoms with Gasteiger partial charge in [0.1, 0.15) is 0 Å². The highest BCUT2D eigenvalue weighted by molar-refractivity contribution is 6.02. The molecule has 0 radical (unpaired) electrons. The smallest absolute Gasteiger partial charge is 0.0878 e. The van der Waals surface area contributed by atoms with E-state index >= 15 is 0 Å². The Kier molecular flexibility index (Phi) is 4.05. The molecule has 2 nitrogen and oxygen atoms in total. The molecule has 4 aromatic rings. The van der Waals surface area contributed by atoms with Gasteiger partial charge in [0, 0.05) is 11.3 Å². The molecule has 1 aliphatic rings. The Balaban J connectivity index is 1.66. The molecule has 0 amide bonds. The summed E-state index contributed by atoms with van der Waals surface area (Å²) in [6.45, 7) is 2.02. The molecule has 5 rings (SSSR count). The standard InChI is InChI=1S/C26H23NO/c1-18-25-21(16-15-19-9-4-2-5-10-19)17-23(20-11-6-3-7-12-20)22-13-8-14-24(26(22)25)27(18)28/h2-14,17,21,28H,15-16H2,1H3. The summed E-state index contributed by atoms with van der Waals surface area (Å²) in [6, 6.07) is 27.5. The summed E-state index contributed by atoms with van der Waals surface area (Å²) in [4.78, 5) is 0. The quantitative estimate of drug-likeness (QED) is 0.419. The molecule has 0 bridgehead atoms. The number of hydrogen-bond acceptors (Lipinski definition) is 1. The molecular formula is C26H23NO. The van der Waals surface area contributed by atoms with Gasteiger partial charge >= 0.3 is 0 Å². The second-order valence-electron chi connectivity index (χ2n) is 7.59. The topological polar surface area (TPSA) is 25.2 Å². The SMILES string of the molecule is Cc1c2c3c(cccc3n1O)C(c1ccccc1)=CC2CCc1ccccc1. The van der Waals surface area contributed by atoms with E-state index in [1.807, 2.05) is 19.1 Å². The summed E-state index contributed by atoms with van der Waals surface area (Å²) in [6.07, 6.45) is 4.45.